The van der Waals surface area contributed by atoms with Crippen molar-refractivity contribution >= 4 is 18.5 Å². The van der Waals surface area contributed by atoms with E-state index in [1.54, 1.807) is 32.3 Å². The lowest BCUT2D eigenvalue weighted by Gasteiger charge is -2.16. The Balaban J connectivity index is 2.09. The van der Waals surface area contributed by atoms with Gasteiger partial charge in [-0.2, -0.15) is 0 Å². The second-order valence-electron chi connectivity index (χ2n) is 5.62. The summed E-state index contributed by atoms with van der Waals surface area (Å²) in [7, 11) is 0. The predicted octanol–water partition coefficient (Wildman–Crippen LogP) is 3.08. The van der Waals surface area contributed by atoms with Crippen LogP contribution in [0.25, 0.3) is 6.08 Å². The molecule has 0 aliphatic carbocycles. The highest BCUT2D eigenvalue weighted by atomic mass is 16.5. The van der Waals surface area contributed by atoms with E-state index in [1.165, 1.54) is 0 Å². The quantitative estimate of drug-likeness (QED) is 0.456. The van der Waals surface area contributed by atoms with Crippen LogP contribution in [0.5, 0.6) is 0 Å². The molecule has 0 fully saturated rings. The van der Waals surface area contributed by atoms with Crippen LogP contribution in [0.2, 0.25) is 0 Å². The summed E-state index contributed by atoms with van der Waals surface area (Å²) in [6, 6.07) is 11.5. The van der Waals surface area contributed by atoms with E-state index in [4.69, 9.17) is 4.74 Å². The molecule has 2 aromatic rings. The first-order chi connectivity index (χ1) is 12.1. The summed E-state index contributed by atoms with van der Waals surface area (Å²) in [6.07, 6.45) is 6.61. The summed E-state index contributed by atoms with van der Waals surface area (Å²) < 4.78 is 4.97. The molecule has 1 heterocycles. The number of esters is 1. The van der Waals surface area contributed by atoms with E-state index in [-0.39, 0.29) is 12.0 Å². The largest absolute Gasteiger partial charge is 0.463 e. The topological polar surface area (TPSA) is 68.3 Å². The molecule has 0 radical (unpaired) electrons. The van der Waals surface area contributed by atoms with Crippen LogP contribution in [0, 0.1) is 0 Å². The predicted molar refractivity (Wildman–Crippen MR) is 96.6 cm³/mol. The molecular weight excluding hydrogens is 316 g/mol. The smallest absolute Gasteiger partial charge is 0.333 e. The van der Waals surface area contributed by atoms with Crippen LogP contribution in [0.4, 0.5) is 0 Å². The van der Waals surface area contributed by atoms with Crippen LogP contribution in [0.1, 0.15) is 36.6 Å². The molecule has 0 spiro atoms. The first-order valence-corrected chi connectivity index (χ1v) is 8.18. The minimum atomic E-state index is -0.307. The fraction of sp³-hybridized carbons (Fsp3) is 0.250. The van der Waals surface area contributed by atoms with E-state index >= 15 is 0 Å². The van der Waals surface area contributed by atoms with E-state index in [9.17, 15) is 9.59 Å². The summed E-state index contributed by atoms with van der Waals surface area (Å²) in [4.78, 5) is 26.6. The number of hydrogen-bond acceptors (Lipinski definition) is 4. The van der Waals surface area contributed by atoms with Gasteiger partial charge in [0.25, 0.3) is 0 Å². The third kappa shape index (κ3) is 5.57. The van der Waals surface area contributed by atoms with Gasteiger partial charge in [0.15, 0.2) is 0 Å². The van der Waals surface area contributed by atoms with Gasteiger partial charge in [-0.05, 0) is 49.1 Å². The van der Waals surface area contributed by atoms with E-state index in [0.29, 0.717) is 25.0 Å². The Labute approximate surface area is 147 Å². The molecule has 1 unspecified atom stereocenters. The molecule has 0 aliphatic rings. The van der Waals surface area contributed by atoms with Gasteiger partial charge < -0.3 is 10.1 Å². The normalized spacial score (nSPS) is 12.3. The van der Waals surface area contributed by atoms with Crippen molar-refractivity contribution in [1.29, 1.82) is 0 Å². The molecule has 0 saturated carbocycles. The Kier molecular flexibility index (Phi) is 6.89. The van der Waals surface area contributed by atoms with Gasteiger partial charge in [-0.15, -0.1) is 0 Å². The summed E-state index contributed by atoms with van der Waals surface area (Å²) in [5.41, 5.74) is 3.52. The van der Waals surface area contributed by atoms with Gasteiger partial charge in [-0.3, -0.25) is 9.78 Å². The summed E-state index contributed by atoms with van der Waals surface area (Å²) in [5, 5.41) is 2.83. The number of hydrogen-bond donors (Lipinski definition) is 1. The number of rotatable bonds is 8. The highest BCUT2D eigenvalue weighted by Gasteiger charge is 2.11. The molecule has 1 aromatic heterocycles. The Morgan fingerprint density at radius 3 is 2.64 bits per heavy atom. The molecule has 1 aromatic carbocycles. The fourth-order valence-electron chi connectivity index (χ4n) is 2.48. The number of carbonyl (C=O) groups excluding carboxylic acids is 2. The van der Waals surface area contributed by atoms with Crippen molar-refractivity contribution in [1.82, 2.24) is 10.3 Å². The molecule has 2 rings (SSSR count). The van der Waals surface area contributed by atoms with E-state index in [1.807, 2.05) is 36.4 Å². The molecule has 5 nitrogen and oxygen atoms in total. The lowest BCUT2D eigenvalue weighted by atomic mass is 9.99. The minimum absolute atomic E-state index is 0.131. The van der Waals surface area contributed by atoms with Crippen molar-refractivity contribution in [3.8, 4) is 0 Å². The van der Waals surface area contributed by atoms with Gasteiger partial charge in [0.05, 0.1) is 12.6 Å². The second kappa shape index (κ2) is 9.37. The molecular formula is C20H22N2O3. The SMILES string of the molecule is CCOC(=O)C(C)=Cc1ccc(CC(NC=O)c2cccnc2)cc1. The summed E-state index contributed by atoms with van der Waals surface area (Å²) >= 11 is 0. The highest BCUT2D eigenvalue weighted by molar-refractivity contribution is 5.92. The number of amides is 1. The highest BCUT2D eigenvalue weighted by Crippen LogP contribution is 2.18. The van der Waals surface area contributed by atoms with Gasteiger partial charge in [0, 0.05) is 18.0 Å². The third-order valence-electron chi connectivity index (χ3n) is 3.76. The van der Waals surface area contributed by atoms with Crippen LogP contribution in [-0.2, 0) is 20.7 Å². The monoisotopic (exact) mass is 338 g/mol. The maximum atomic E-state index is 11.7. The molecule has 25 heavy (non-hydrogen) atoms. The van der Waals surface area contributed by atoms with Gasteiger partial charge in [-0.1, -0.05) is 30.3 Å². The summed E-state index contributed by atoms with van der Waals surface area (Å²) in [6.45, 7) is 3.88. The molecule has 1 amide bonds. The molecule has 5 heteroatoms. The van der Waals surface area contributed by atoms with Crippen molar-refractivity contribution in [2.24, 2.45) is 0 Å². The second-order valence-corrected chi connectivity index (χ2v) is 5.62. The Morgan fingerprint density at radius 1 is 1.28 bits per heavy atom. The van der Waals surface area contributed by atoms with E-state index < -0.39 is 0 Å². The molecule has 130 valence electrons. The van der Waals surface area contributed by atoms with E-state index in [0.717, 1.165) is 16.7 Å². The van der Waals surface area contributed by atoms with Crippen molar-refractivity contribution < 1.29 is 14.3 Å². The van der Waals surface area contributed by atoms with Crippen molar-refractivity contribution in [3.05, 3.63) is 71.1 Å². The zero-order valence-corrected chi connectivity index (χ0v) is 14.4. The van der Waals surface area contributed by atoms with Gasteiger partial charge in [0.1, 0.15) is 0 Å². The first kappa shape index (κ1) is 18.4. The maximum Gasteiger partial charge on any atom is 0.333 e. The van der Waals surface area contributed by atoms with Gasteiger partial charge >= 0.3 is 5.97 Å². The average Bonchev–Trinajstić information content (AvgIpc) is 2.64. The number of pyridine rings is 1. The van der Waals surface area contributed by atoms with Crippen molar-refractivity contribution in [2.75, 3.05) is 6.61 Å². The third-order valence-corrected chi connectivity index (χ3v) is 3.76. The Bertz CT molecular complexity index is 724. The lowest BCUT2D eigenvalue weighted by molar-refractivity contribution is -0.138. The lowest BCUT2D eigenvalue weighted by Crippen LogP contribution is -2.21. The first-order valence-electron chi connectivity index (χ1n) is 8.18. The number of benzene rings is 1. The van der Waals surface area contributed by atoms with Crippen LogP contribution in [0.3, 0.4) is 0 Å². The van der Waals surface area contributed by atoms with Gasteiger partial charge in [0.2, 0.25) is 6.41 Å². The number of ether oxygens (including phenoxy) is 1. The van der Waals surface area contributed by atoms with Crippen molar-refractivity contribution in [2.45, 2.75) is 26.3 Å². The summed E-state index contributed by atoms with van der Waals surface area (Å²) in [5.74, 6) is -0.307. The van der Waals surface area contributed by atoms with Crippen LogP contribution in [0.15, 0.2) is 54.4 Å². The number of carbonyl (C=O) groups is 2. The fourth-order valence-corrected chi connectivity index (χ4v) is 2.48. The Morgan fingerprint density at radius 2 is 2.04 bits per heavy atom. The Hall–Kier alpha value is -2.95. The number of nitrogens with one attached hydrogen (secondary N) is 1. The van der Waals surface area contributed by atoms with Crippen LogP contribution >= 0.6 is 0 Å². The molecule has 0 bridgehead atoms. The van der Waals surface area contributed by atoms with Crippen LogP contribution in [-0.4, -0.2) is 24.0 Å². The molecule has 1 atom stereocenters. The van der Waals surface area contributed by atoms with E-state index in [2.05, 4.69) is 10.3 Å². The average molecular weight is 338 g/mol. The van der Waals surface area contributed by atoms with Gasteiger partial charge in [-0.25, -0.2) is 4.79 Å². The standard InChI is InChI=1S/C20H22N2O3/c1-3-25-20(24)15(2)11-16-6-8-17(9-7-16)12-19(22-14-23)18-5-4-10-21-13-18/h4-11,13-14,19H,3,12H2,1-2H3,(H,22,23). The minimum Gasteiger partial charge on any atom is -0.463 e. The zero-order valence-electron chi connectivity index (χ0n) is 14.4. The molecule has 0 aliphatic heterocycles. The molecule has 0 saturated heterocycles. The number of nitrogens with zero attached hydrogens (tertiary/aromatic N) is 1. The maximum absolute atomic E-state index is 11.7. The molecule has 1 N–H and O–H groups in total. The van der Waals surface area contributed by atoms with Crippen LogP contribution < -0.4 is 5.32 Å². The zero-order chi connectivity index (χ0) is 18.1. The number of aromatic nitrogens is 1. The van der Waals surface area contributed by atoms with Crippen molar-refractivity contribution in [3.63, 3.8) is 0 Å².